The molecule has 0 unspecified atom stereocenters. The van der Waals surface area contributed by atoms with Crippen molar-refractivity contribution in [2.24, 2.45) is 0 Å². The van der Waals surface area contributed by atoms with Crippen LogP contribution in [0.2, 0.25) is 0 Å². The molecule has 1 fully saturated rings. The summed E-state index contributed by atoms with van der Waals surface area (Å²) in [5, 5.41) is 10.7. The Morgan fingerprint density at radius 1 is 1.11 bits per heavy atom. The van der Waals surface area contributed by atoms with E-state index in [0.29, 0.717) is 41.2 Å². The number of furan rings is 1. The highest BCUT2D eigenvalue weighted by molar-refractivity contribution is 8.18. The van der Waals surface area contributed by atoms with E-state index in [2.05, 4.69) is 5.32 Å². The molecular weight excluding hydrogens is 519 g/mol. The summed E-state index contributed by atoms with van der Waals surface area (Å²) in [6, 6.07) is 13.2. The third-order valence-corrected chi connectivity index (χ3v) is 6.04. The largest absolute Gasteiger partial charge is 0.490 e. The average molecular weight is 541 g/mol. The second-order valence-electron chi connectivity index (χ2n) is 7.79. The van der Waals surface area contributed by atoms with E-state index in [-0.39, 0.29) is 23.0 Å². The summed E-state index contributed by atoms with van der Waals surface area (Å²) in [4.78, 5) is 49.4. The zero-order valence-corrected chi connectivity index (χ0v) is 20.7. The van der Waals surface area contributed by atoms with Crippen molar-refractivity contribution in [3.8, 4) is 11.5 Å². The van der Waals surface area contributed by atoms with Gasteiger partial charge in [-0.25, -0.2) is 9.18 Å². The number of rotatable bonds is 10. The number of halogens is 1. The minimum atomic E-state index is -1.19. The molecule has 12 heteroatoms. The molecule has 38 heavy (non-hydrogen) atoms. The van der Waals surface area contributed by atoms with Gasteiger partial charge in [0, 0.05) is 0 Å². The van der Waals surface area contributed by atoms with E-state index in [0.717, 1.165) is 4.90 Å². The van der Waals surface area contributed by atoms with E-state index >= 15 is 0 Å². The number of hydrogen-bond acceptors (Lipinski definition) is 8. The summed E-state index contributed by atoms with van der Waals surface area (Å²) in [5.74, 6) is -2.39. The predicted octanol–water partition coefficient (Wildman–Crippen LogP) is 4.77. The number of ether oxygens (including phenoxy) is 2. The Hall–Kier alpha value is -4.58. The van der Waals surface area contributed by atoms with Crippen LogP contribution in [0.15, 0.2) is 63.9 Å². The van der Waals surface area contributed by atoms with Crippen LogP contribution in [0.5, 0.6) is 11.5 Å². The second kappa shape index (κ2) is 11.6. The smallest absolute Gasteiger partial charge is 0.371 e. The number of carboxylic acids is 1. The Labute approximate surface area is 220 Å². The fourth-order valence-corrected chi connectivity index (χ4v) is 4.24. The Morgan fingerprint density at radius 2 is 1.89 bits per heavy atom. The van der Waals surface area contributed by atoms with Crippen LogP contribution in [0.3, 0.4) is 0 Å². The molecular formula is C26H21FN2O8S. The molecule has 196 valence electrons. The first-order valence-electron chi connectivity index (χ1n) is 11.3. The fraction of sp³-hybridized carbons (Fsp3) is 0.154. The maximum atomic E-state index is 13.8. The van der Waals surface area contributed by atoms with Crippen LogP contribution in [0.25, 0.3) is 6.08 Å². The maximum Gasteiger partial charge on any atom is 0.371 e. The van der Waals surface area contributed by atoms with Gasteiger partial charge in [0.1, 0.15) is 24.7 Å². The van der Waals surface area contributed by atoms with Gasteiger partial charge in [0.05, 0.1) is 17.2 Å². The predicted molar refractivity (Wildman–Crippen MR) is 135 cm³/mol. The number of benzene rings is 2. The van der Waals surface area contributed by atoms with Crippen molar-refractivity contribution in [3.05, 3.63) is 82.4 Å². The summed E-state index contributed by atoms with van der Waals surface area (Å²) in [6.45, 7) is 1.49. The maximum absolute atomic E-state index is 13.8. The molecule has 0 aliphatic carbocycles. The number of aromatic carboxylic acids is 1. The summed E-state index contributed by atoms with van der Waals surface area (Å²) < 4.78 is 30.3. The molecule has 0 atom stereocenters. The molecule has 0 radical (unpaired) electrons. The van der Waals surface area contributed by atoms with Gasteiger partial charge in [-0.05, 0) is 66.7 Å². The first-order valence-corrected chi connectivity index (χ1v) is 12.1. The number of carboxylic acid groups (broad SMARTS) is 1. The number of carbonyl (C=O) groups is 4. The Kier molecular flexibility index (Phi) is 8.12. The van der Waals surface area contributed by atoms with E-state index in [1.165, 1.54) is 36.4 Å². The molecule has 1 aliphatic heterocycles. The van der Waals surface area contributed by atoms with E-state index in [9.17, 15) is 23.6 Å². The highest BCUT2D eigenvalue weighted by Crippen LogP contribution is 2.35. The average Bonchev–Trinajstić information content (AvgIpc) is 3.46. The van der Waals surface area contributed by atoms with Crippen molar-refractivity contribution < 1.29 is 42.6 Å². The van der Waals surface area contributed by atoms with Crippen LogP contribution in [0.1, 0.15) is 28.8 Å². The quantitative estimate of drug-likeness (QED) is 0.349. The second-order valence-corrected chi connectivity index (χ2v) is 8.79. The first-order chi connectivity index (χ1) is 18.2. The van der Waals surface area contributed by atoms with Crippen molar-refractivity contribution in [1.82, 2.24) is 4.90 Å². The lowest BCUT2D eigenvalue weighted by Gasteiger charge is -2.13. The minimum Gasteiger partial charge on any atom is -0.490 e. The highest BCUT2D eigenvalue weighted by atomic mass is 32.2. The fourth-order valence-electron chi connectivity index (χ4n) is 3.40. The van der Waals surface area contributed by atoms with Crippen LogP contribution in [-0.2, 0) is 16.2 Å². The lowest BCUT2D eigenvalue weighted by Crippen LogP contribution is -2.36. The van der Waals surface area contributed by atoms with Crippen molar-refractivity contribution >= 4 is 46.5 Å². The van der Waals surface area contributed by atoms with Gasteiger partial charge in [0.15, 0.2) is 11.5 Å². The Morgan fingerprint density at radius 3 is 2.61 bits per heavy atom. The molecule has 3 amide bonds. The molecule has 2 N–H and O–H groups in total. The summed E-state index contributed by atoms with van der Waals surface area (Å²) in [5.41, 5.74) is 0.480. The zero-order valence-electron chi connectivity index (χ0n) is 19.9. The van der Waals surface area contributed by atoms with E-state index in [1.54, 1.807) is 31.2 Å². The number of hydrogen-bond donors (Lipinski definition) is 2. The van der Waals surface area contributed by atoms with Gasteiger partial charge >= 0.3 is 5.97 Å². The Balaban J connectivity index is 1.44. The lowest BCUT2D eigenvalue weighted by atomic mass is 10.2. The number of nitrogens with zero attached hydrogens (tertiary/aromatic N) is 1. The summed E-state index contributed by atoms with van der Waals surface area (Å²) in [6.07, 6.45) is 1.48. The molecule has 2 heterocycles. The normalized spacial score (nSPS) is 14.2. The van der Waals surface area contributed by atoms with Crippen molar-refractivity contribution in [1.29, 1.82) is 0 Å². The number of thioether (sulfide) groups is 1. The number of anilines is 1. The minimum absolute atomic E-state index is 0.0411. The first kappa shape index (κ1) is 26.5. The molecule has 3 aromatic rings. The van der Waals surface area contributed by atoms with Gasteiger partial charge in [-0.3, -0.25) is 19.3 Å². The van der Waals surface area contributed by atoms with Crippen LogP contribution in [0.4, 0.5) is 14.9 Å². The molecule has 1 saturated heterocycles. The van der Waals surface area contributed by atoms with Crippen molar-refractivity contribution in [3.63, 3.8) is 0 Å². The standard InChI is InChI=1S/C26H21FN2O8S/c1-2-35-21-11-15(7-9-19(21)36-14-16-8-10-20(37-16)25(32)33)12-22-24(31)29(26(34)38-22)13-23(30)28-18-6-4-3-5-17(18)27/h3-12H,2,13-14H2,1H3,(H,28,30)(H,32,33). The molecule has 4 rings (SSSR count). The van der Waals surface area contributed by atoms with Crippen LogP contribution in [0, 0.1) is 5.82 Å². The van der Waals surface area contributed by atoms with Crippen LogP contribution >= 0.6 is 11.8 Å². The molecule has 0 bridgehead atoms. The molecule has 2 aromatic carbocycles. The zero-order chi connectivity index (χ0) is 27.2. The molecule has 0 spiro atoms. The third kappa shape index (κ3) is 6.21. The van der Waals surface area contributed by atoms with Gasteiger partial charge in [0.25, 0.3) is 11.1 Å². The molecule has 10 nitrogen and oxygen atoms in total. The SMILES string of the molecule is CCOc1cc(C=C2SC(=O)N(CC(=O)Nc3ccccc3F)C2=O)ccc1OCc1ccc(C(=O)O)o1. The van der Waals surface area contributed by atoms with Gasteiger partial charge in [-0.15, -0.1) is 0 Å². The highest BCUT2D eigenvalue weighted by Gasteiger charge is 2.36. The van der Waals surface area contributed by atoms with Crippen molar-refractivity contribution in [2.45, 2.75) is 13.5 Å². The number of nitrogens with one attached hydrogen (secondary N) is 1. The number of para-hydroxylation sites is 1. The van der Waals surface area contributed by atoms with Gasteiger partial charge < -0.3 is 24.3 Å². The summed E-state index contributed by atoms with van der Waals surface area (Å²) >= 11 is 0.676. The van der Waals surface area contributed by atoms with E-state index in [4.69, 9.17) is 19.0 Å². The monoisotopic (exact) mass is 540 g/mol. The van der Waals surface area contributed by atoms with E-state index in [1.807, 2.05) is 0 Å². The van der Waals surface area contributed by atoms with Gasteiger partial charge in [-0.1, -0.05) is 18.2 Å². The van der Waals surface area contributed by atoms with Gasteiger partial charge in [0.2, 0.25) is 11.7 Å². The topological polar surface area (TPSA) is 135 Å². The molecule has 0 saturated carbocycles. The lowest BCUT2D eigenvalue weighted by molar-refractivity contribution is -0.127. The number of carbonyl (C=O) groups excluding carboxylic acids is 3. The van der Waals surface area contributed by atoms with Crippen LogP contribution < -0.4 is 14.8 Å². The number of amides is 3. The summed E-state index contributed by atoms with van der Waals surface area (Å²) in [7, 11) is 0. The molecule has 1 aliphatic rings. The van der Waals surface area contributed by atoms with Gasteiger partial charge in [-0.2, -0.15) is 0 Å². The molecule has 1 aromatic heterocycles. The number of imide groups is 1. The van der Waals surface area contributed by atoms with E-state index < -0.39 is 35.4 Å². The van der Waals surface area contributed by atoms with Crippen LogP contribution in [-0.4, -0.2) is 46.2 Å². The Bertz CT molecular complexity index is 1430. The third-order valence-electron chi connectivity index (χ3n) is 5.13. The van der Waals surface area contributed by atoms with Crippen molar-refractivity contribution in [2.75, 3.05) is 18.5 Å².